The number of urea groups is 1. The lowest BCUT2D eigenvalue weighted by Gasteiger charge is -2.26. The summed E-state index contributed by atoms with van der Waals surface area (Å²) in [6.45, 7) is 1.33. The van der Waals surface area contributed by atoms with Crippen LogP contribution in [0.5, 0.6) is 0 Å². The van der Waals surface area contributed by atoms with Gasteiger partial charge in [-0.05, 0) is 12.1 Å². The van der Waals surface area contributed by atoms with Crippen LogP contribution in [0.25, 0.3) is 0 Å². The monoisotopic (exact) mass is 300 g/mol. The van der Waals surface area contributed by atoms with Crippen molar-refractivity contribution in [1.82, 2.24) is 4.90 Å². The van der Waals surface area contributed by atoms with E-state index in [1.54, 1.807) is 22.7 Å². The Hall–Kier alpha value is -1.40. The van der Waals surface area contributed by atoms with Crippen LogP contribution in [0, 0.1) is 0 Å². The standard InChI is InChI=1S/C12H13ClN2O3S/c13-8-2-1-3-9(10(8)11(16)17)14-12(18)15-4-6-19-7-5-15/h1-3H,4-7H2,(H,14,18)(H,16,17). The molecule has 1 aliphatic heterocycles. The molecule has 0 atom stereocenters. The molecule has 5 nitrogen and oxygen atoms in total. The minimum atomic E-state index is -1.16. The Labute approximate surface area is 119 Å². The van der Waals surface area contributed by atoms with Gasteiger partial charge in [0.25, 0.3) is 0 Å². The number of carboxylic acids is 1. The molecule has 1 fully saturated rings. The van der Waals surface area contributed by atoms with E-state index in [4.69, 9.17) is 16.7 Å². The SMILES string of the molecule is O=C(O)c1c(Cl)cccc1NC(=O)N1CCSCC1. The molecule has 2 rings (SSSR count). The smallest absolute Gasteiger partial charge is 0.339 e. The van der Waals surface area contributed by atoms with E-state index in [-0.39, 0.29) is 22.3 Å². The molecule has 0 saturated carbocycles. The number of benzene rings is 1. The normalized spacial score (nSPS) is 15.1. The first-order valence-electron chi connectivity index (χ1n) is 5.75. The fourth-order valence-electron chi connectivity index (χ4n) is 1.81. The zero-order valence-corrected chi connectivity index (χ0v) is 11.6. The third-order valence-electron chi connectivity index (χ3n) is 2.77. The fraction of sp³-hybridized carbons (Fsp3) is 0.333. The van der Waals surface area contributed by atoms with E-state index in [0.717, 1.165) is 11.5 Å². The molecule has 7 heteroatoms. The van der Waals surface area contributed by atoms with Gasteiger partial charge < -0.3 is 15.3 Å². The maximum absolute atomic E-state index is 12.0. The van der Waals surface area contributed by atoms with Gasteiger partial charge in [-0.2, -0.15) is 11.8 Å². The second kappa shape index (κ2) is 6.16. The van der Waals surface area contributed by atoms with Gasteiger partial charge in [0, 0.05) is 24.6 Å². The molecule has 1 aromatic carbocycles. The number of rotatable bonds is 2. The van der Waals surface area contributed by atoms with Crippen molar-refractivity contribution in [2.45, 2.75) is 0 Å². The first-order valence-corrected chi connectivity index (χ1v) is 7.28. The largest absolute Gasteiger partial charge is 0.478 e. The molecule has 1 heterocycles. The molecule has 0 unspecified atom stereocenters. The van der Waals surface area contributed by atoms with Crippen molar-refractivity contribution >= 4 is 41.1 Å². The number of carboxylic acid groups (broad SMARTS) is 1. The number of nitrogens with zero attached hydrogens (tertiary/aromatic N) is 1. The van der Waals surface area contributed by atoms with Gasteiger partial charge in [0.05, 0.1) is 10.7 Å². The third kappa shape index (κ3) is 3.33. The molecule has 0 aliphatic carbocycles. The van der Waals surface area contributed by atoms with Crippen LogP contribution in [-0.2, 0) is 0 Å². The lowest BCUT2D eigenvalue weighted by molar-refractivity contribution is 0.0698. The molecule has 0 radical (unpaired) electrons. The molecular weight excluding hydrogens is 288 g/mol. The van der Waals surface area contributed by atoms with Crippen molar-refractivity contribution in [2.75, 3.05) is 29.9 Å². The average molecular weight is 301 g/mol. The fourth-order valence-corrected chi connectivity index (χ4v) is 2.96. The van der Waals surface area contributed by atoms with Crippen molar-refractivity contribution in [2.24, 2.45) is 0 Å². The van der Waals surface area contributed by atoms with Crippen LogP contribution >= 0.6 is 23.4 Å². The number of amides is 2. The van der Waals surface area contributed by atoms with Gasteiger partial charge in [0.15, 0.2) is 0 Å². The predicted octanol–water partition coefficient (Wildman–Crippen LogP) is 2.62. The molecule has 2 amide bonds. The lowest BCUT2D eigenvalue weighted by Crippen LogP contribution is -2.40. The van der Waals surface area contributed by atoms with E-state index in [9.17, 15) is 9.59 Å². The van der Waals surface area contributed by atoms with Crippen LogP contribution in [0.15, 0.2) is 18.2 Å². The summed E-state index contributed by atoms with van der Waals surface area (Å²) in [5, 5.41) is 11.8. The van der Waals surface area contributed by atoms with E-state index in [1.165, 1.54) is 12.1 Å². The average Bonchev–Trinajstić information content (AvgIpc) is 2.39. The Morgan fingerprint density at radius 2 is 2.00 bits per heavy atom. The highest BCUT2D eigenvalue weighted by molar-refractivity contribution is 7.99. The summed E-state index contributed by atoms with van der Waals surface area (Å²) in [4.78, 5) is 24.8. The third-order valence-corrected chi connectivity index (χ3v) is 4.02. The summed E-state index contributed by atoms with van der Waals surface area (Å²) in [6.07, 6.45) is 0. The van der Waals surface area contributed by atoms with E-state index in [2.05, 4.69) is 5.32 Å². The number of hydrogen-bond donors (Lipinski definition) is 2. The molecule has 1 saturated heterocycles. The quantitative estimate of drug-likeness (QED) is 0.881. The minimum Gasteiger partial charge on any atom is -0.478 e. The van der Waals surface area contributed by atoms with Crippen LogP contribution in [-0.4, -0.2) is 46.6 Å². The molecule has 1 aromatic rings. The van der Waals surface area contributed by atoms with Crippen molar-refractivity contribution in [3.8, 4) is 0 Å². The van der Waals surface area contributed by atoms with Crippen molar-refractivity contribution < 1.29 is 14.7 Å². The zero-order valence-electron chi connectivity index (χ0n) is 10.1. The summed E-state index contributed by atoms with van der Waals surface area (Å²) in [5.41, 5.74) is 0.145. The molecule has 2 N–H and O–H groups in total. The number of carbonyl (C=O) groups is 2. The second-order valence-electron chi connectivity index (χ2n) is 4.00. The number of carbonyl (C=O) groups excluding carboxylic acids is 1. The van der Waals surface area contributed by atoms with Gasteiger partial charge >= 0.3 is 12.0 Å². The van der Waals surface area contributed by atoms with Gasteiger partial charge in [0.1, 0.15) is 5.56 Å². The zero-order chi connectivity index (χ0) is 13.8. The van der Waals surface area contributed by atoms with Crippen molar-refractivity contribution in [3.63, 3.8) is 0 Å². The van der Waals surface area contributed by atoms with E-state index < -0.39 is 5.97 Å². The van der Waals surface area contributed by atoms with Gasteiger partial charge in [0.2, 0.25) is 0 Å². The Morgan fingerprint density at radius 1 is 1.32 bits per heavy atom. The molecule has 0 spiro atoms. The number of halogens is 1. The van der Waals surface area contributed by atoms with E-state index >= 15 is 0 Å². The Balaban J connectivity index is 2.16. The van der Waals surface area contributed by atoms with Crippen molar-refractivity contribution in [1.29, 1.82) is 0 Å². The number of thioether (sulfide) groups is 1. The lowest BCUT2D eigenvalue weighted by atomic mass is 10.2. The minimum absolute atomic E-state index is 0.0797. The van der Waals surface area contributed by atoms with Gasteiger partial charge in [-0.3, -0.25) is 0 Å². The number of nitrogens with one attached hydrogen (secondary N) is 1. The van der Waals surface area contributed by atoms with E-state index in [1.807, 2.05) is 0 Å². The Bertz CT molecular complexity index is 504. The number of aromatic carboxylic acids is 1. The molecule has 0 bridgehead atoms. The second-order valence-corrected chi connectivity index (χ2v) is 5.63. The van der Waals surface area contributed by atoms with Crippen molar-refractivity contribution in [3.05, 3.63) is 28.8 Å². The summed E-state index contributed by atoms with van der Waals surface area (Å²) in [6, 6.07) is 4.34. The molecular formula is C12H13ClN2O3S. The summed E-state index contributed by atoms with van der Waals surface area (Å²) in [7, 11) is 0. The summed E-state index contributed by atoms with van der Waals surface area (Å²) < 4.78 is 0. The van der Waals surface area contributed by atoms with E-state index in [0.29, 0.717) is 13.1 Å². The van der Waals surface area contributed by atoms with Crippen LogP contribution in [0.4, 0.5) is 10.5 Å². The Kier molecular flexibility index (Phi) is 4.55. The number of hydrogen-bond acceptors (Lipinski definition) is 3. The Morgan fingerprint density at radius 3 is 2.63 bits per heavy atom. The van der Waals surface area contributed by atoms with Gasteiger partial charge in [-0.15, -0.1) is 0 Å². The summed E-state index contributed by atoms with van der Waals surface area (Å²) >= 11 is 7.64. The number of anilines is 1. The maximum Gasteiger partial charge on any atom is 0.339 e. The van der Waals surface area contributed by atoms with Crippen LogP contribution in [0.1, 0.15) is 10.4 Å². The molecule has 19 heavy (non-hydrogen) atoms. The van der Waals surface area contributed by atoms with Crippen LogP contribution < -0.4 is 5.32 Å². The van der Waals surface area contributed by atoms with Gasteiger partial charge in [-0.1, -0.05) is 17.7 Å². The molecule has 1 aliphatic rings. The van der Waals surface area contributed by atoms with Crippen LogP contribution in [0.2, 0.25) is 5.02 Å². The highest BCUT2D eigenvalue weighted by atomic mass is 35.5. The topological polar surface area (TPSA) is 69.6 Å². The highest BCUT2D eigenvalue weighted by Crippen LogP contribution is 2.24. The maximum atomic E-state index is 12.0. The molecule has 0 aromatic heterocycles. The molecule has 102 valence electrons. The summed E-state index contributed by atoms with van der Waals surface area (Å²) in [5.74, 6) is 0.638. The van der Waals surface area contributed by atoms with Crippen LogP contribution in [0.3, 0.4) is 0 Å². The first-order chi connectivity index (χ1) is 9.09. The predicted molar refractivity (Wildman–Crippen MR) is 76.3 cm³/mol. The highest BCUT2D eigenvalue weighted by Gasteiger charge is 2.20. The first kappa shape index (κ1) is 14.0. The van der Waals surface area contributed by atoms with Gasteiger partial charge in [-0.25, -0.2) is 9.59 Å².